The molecule has 0 fully saturated rings. The van der Waals surface area contributed by atoms with Gasteiger partial charge in [-0.25, -0.2) is 9.78 Å². The molecule has 19 heavy (non-hydrogen) atoms. The Morgan fingerprint density at radius 1 is 1.16 bits per heavy atom. The number of nitrogens with zero attached hydrogens (tertiary/aromatic N) is 1. The van der Waals surface area contributed by atoms with Crippen LogP contribution in [0, 0.1) is 0 Å². The fourth-order valence-corrected chi connectivity index (χ4v) is 1.47. The van der Waals surface area contributed by atoms with Crippen LogP contribution in [0.25, 0.3) is 0 Å². The number of hydrogen-bond donors (Lipinski definition) is 2. The number of pyridine rings is 1. The highest BCUT2D eigenvalue weighted by Crippen LogP contribution is 2.19. The number of ether oxygens (including phenoxy) is 2. The van der Waals surface area contributed by atoms with E-state index in [0.717, 1.165) is 0 Å². The lowest BCUT2D eigenvalue weighted by atomic mass is 10.1. The van der Waals surface area contributed by atoms with Crippen LogP contribution in [-0.4, -0.2) is 30.1 Å². The maximum atomic E-state index is 11.6. The van der Waals surface area contributed by atoms with Crippen LogP contribution < -0.4 is 11.5 Å². The first-order valence-corrected chi connectivity index (χ1v) is 5.87. The molecule has 0 radical (unpaired) electrons. The molecule has 1 aromatic rings. The average molecular weight is 267 g/mol. The molecular formula is C12H17N3O4. The molecule has 0 aliphatic carbocycles. The number of nitrogens with two attached hydrogens (primary N) is 2. The molecule has 0 atom stereocenters. The van der Waals surface area contributed by atoms with E-state index in [4.69, 9.17) is 20.9 Å². The third-order valence-electron chi connectivity index (χ3n) is 2.30. The molecule has 0 saturated carbocycles. The van der Waals surface area contributed by atoms with Gasteiger partial charge in [-0.15, -0.1) is 0 Å². The predicted molar refractivity (Wildman–Crippen MR) is 69.4 cm³/mol. The molecule has 0 amide bonds. The van der Waals surface area contributed by atoms with E-state index in [2.05, 4.69) is 4.98 Å². The Morgan fingerprint density at radius 3 is 2.37 bits per heavy atom. The van der Waals surface area contributed by atoms with E-state index in [1.807, 2.05) is 0 Å². The van der Waals surface area contributed by atoms with Gasteiger partial charge in [0, 0.05) is 5.56 Å². The third-order valence-corrected chi connectivity index (χ3v) is 2.30. The smallest absolute Gasteiger partial charge is 0.341 e. The van der Waals surface area contributed by atoms with Crippen LogP contribution in [0.1, 0.15) is 29.8 Å². The highest BCUT2D eigenvalue weighted by atomic mass is 16.5. The zero-order chi connectivity index (χ0) is 14.4. The zero-order valence-electron chi connectivity index (χ0n) is 10.9. The number of anilines is 2. The number of esters is 2. The minimum Gasteiger partial charge on any atom is -0.466 e. The molecule has 4 N–H and O–H groups in total. The second-order valence-corrected chi connectivity index (χ2v) is 3.67. The molecule has 0 aliphatic rings. The molecule has 7 nitrogen and oxygen atoms in total. The summed E-state index contributed by atoms with van der Waals surface area (Å²) in [6, 6.07) is 1.41. The van der Waals surface area contributed by atoms with E-state index in [-0.39, 0.29) is 36.8 Å². The summed E-state index contributed by atoms with van der Waals surface area (Å²) in [4.78, 5) is 26.9. The lowest BCUT2D eigenvalue weighted by Gasteiger charge is -2.09. The lowest BCUT2D eigenvalue weighted by Crippen LogP contribution is -2.15. The Kier molecular flexibility index (Phi) is 5.11. The van der Waals surface area contributed by atoms with Gasteiger partial charge in [-0.1, -0.05) is 0 Å². The van der Waals surface area contributed by atoms with Crippen molar-refractivity contribution >= 4 is 23.6 Å². The molecule has 0 bridgehead atoms. The van der Waals surface area contributed by atoms with Gasteiger partial charge >= 0.3 is 11.9 Å². The van der Waals surface area contributed by atoms with Gasteiger partial charge in [-0.3, -0.25) is 4.79 Å². The second-order valence-electron chi connectivity index (χ2n) is 3.67. The van der Waals surface area contributed by atoms with Crippen LogP contribution in [0.3, 0.4) is 0 Å². The lowest BCUT2D eigenvalue weighted by molar-refractivity contribution is -0.142. The second kappa shape index (κ2) is 6.58. The number of hydrogen-bond acceptors (Lipinski definition) is 7. The molecular weight excluding hydrogens is 250 g/mol. The Hall–Kier alpha value is -2.31. The summed E-state index contributed by atoms with van der Waals surface area (Å²) in [6.07, 6.45) is -0.0701. The molecule has 1 rings (SSSR count). The quantitative estimate of drug-likeness (QED) is 0.747. The van der Waals surface area contributed by atoms with Gasteiger partial charge in [-0.05, 0) is 19.9 Å². The van der Waals surface area contributed by atoms with Crippen molar-refractivity contribution in [2.75, 3.05) is 24.7 Å². The maximum absolute atomic E-state index is 11.6. The maximum Gasteiger partial charge on any atom is 0.341 e. The SMILES string of the molecule is CCOC(=O)Cc1cc(C(=O)OCC)c(N)nc1N. The molecule has 0 unspecified atom stereocenters. The summed E-state index contributed by atoms with van der Waals surface area (Å²) in [5.74, 6) is -0.977. The Bertz CT molecular complexity index is 488. The van der Waals surface area contributed by atoms with Crippen LogP contribution in [0.15, 0.2) is 6.07 Å². The fraction of sp³-hybridized carbons (Fsp3) is 0.417. The van der Waals surface area contributed by atoms with Gasteiger partial charge in [0.25, 0.3) is 0 Å². The van der Waals surface area contributed by atoms with E-state index in [1.165, 1.54) is 6.07 Å². The highest BCUT2D eigenvalue weighted by Gasteiger charge is 2.17. The zero-order valence-corrected chi connectivity index (χ0v) is 10.9. The van der Waals surface area contributed by atoms with E-state index >= 15 is 0 Å². The standard InChI is InChI=1S/C12H17N3O4/c1-3-18-9(16)6-7-5-8(12(17)19-4-2)11(14)15-10(7)13/h5H,3-4,6H2,1-2H3,(H4,13,14,15). The van der Waals surface area contributed by atoms with Crippen molar-refractivity contribution in [2.45, 2.75) is 20.3 Å². The van der Waals surface area contributed by atoms with Crippen molar-refractivity contribution in [1.29, 1.82) is 0 Å². The number of nitrogen functional groups attached to an aromatic ring is 2. The van der Waals surface area contributed by atoms with Crippen molar-refractivity contribution in [2.24, 2.45) is 0 Å². The predicted octanol–water partition coefficient (Wildman–Crippen LogP) is 0.528. The summed E-state index contributed by atoms with van der Waals surface area (Å²) in [5.41, 5.74) is 11.7. The van der Waals surface area contributed by atoms with Crippen molar-refractivity contribution in [1.82, 2.24) is 4.98 Å². The van der Waals surface area contributed by atoms with Gasteiger partial charge in [0.15, 0.2) is 0 Å². The molecule has 7 heteroatoms. The molecule has 104 valence electrons. The average Bonchev–Trinajstić information content (AvgIpc) is 2.33. The third kappa shape index (κ3) is 3.84. The first-order chi connectivity index (χ1) is 8.99. The minimum atomic E-state index is -0.599. The van der Waals surface area contributed by atoms with Gasteiger partial charge in [0.1, 0.15) is 17.2 Å². The minimum absolute atomic E-state index is 0.0245. The summed E-state index contributed by atoms with van der Waals surface area (Å²) >= 11 is 0. The van der Waals surface area contributed by atoms with Crippen LogP contribution in [-0.2, 0) is 20.7 Å². The van der Waals surface area contributed by atoms with E-state index in [1.54, 1.807) is 13.8 Å². The van der Waals surface area contributed by atoms with Crippen LogP contribution in [0.5, 0.6) is 0 Å². The molecule has 0 aliphatic heterocycles. The summed E-state index contributed by atoms with van der Waals surface area (Å²) in [6.45, 7) is 3.87. The van der Waals surface area contributed by atoms with Gasteiger partial charge in [-0.2, -0.15) is 0 Å². The van der Waals surface area contributed by atoms with Crippen LogP contribution >= 0.6 is 0 Å². The normalized spacial score (nSPS) is 10.0. The number of carbonyl (C=O) groups excluding carboxylic acids is 2. The van der Waals surface area contributed by atoms with Gasteiger partial charge in [0.2, 0.25) is 0 Å². The number of aromatic nitrogens is 1. The summed E-state index contributed by atoms with van der Waals surface area (Å²) in [7, 11) is 0. The van der Waals surface area contributed by atoms with Crippen LogP contribution in [0.2, 0.25) is 0 Å². The summed E-state index contributed by atoms with van der Waals surface area (Å²) < 4.78 is 9.65. The topological polar surface area (TPSA) is 118 Å². The van der Waals surface area contributed by atoms with Crippen molar-refractivity contribution in [3.05, 3.63) is 17.2 Å². The van der Waals surface area contributed by atoms with Crippen LogP contribution in [0.4, 0.5) is 11.6 Å². The Balaban J connectivity index is 3.02. The molecule has 0 aromatic carbocycles. The first-order valence-electron chi connectivity index (χ1n) is 5.87. The highest BCUT2D eigenvalue weighted by molar-refractivity contribution is 5.95. The van der Waals surface area contributed by atoms with E-state index in [9.17, 15) is 9.59 Å². The monoisotopic (exact) mass is 267 g/mol. The summed E-state index contributed by atoms with van der Waals surface area (Å²) in [5, 5.41) is 0. The largest absolute Gasteiger partial charge is 0.466 e. The molecule has 0 spiro atoms. The molecule has 1 heterocycles. The molecule has 0 saturated heterocycles. The van der Waals surface area contributed by atoms with Gasteiger partial charge in [0.05, 0.1) is 19.6 Å². The molecule has 1 aromatic heterocycles. The number of carbonyl (C=O) groups is 2. The van der Waals surface area contributed by atoms with Crippen molar-refractivity contribution < 1.29 is 19.1 Å². The van der Waals surface area contributed by atoms with Crippen molar-refractivity contribution in [3.8, 4) is 0 Å². The van der Waals surface area contributed by atoms with Gasteiger partial charge < -0.3 is 20.9 Å². The first kappa shape index (κ1) is 14.7. The Labute approximate surface area is 110 Å². The fourth-order valence-electron chi connectivity index (χ4n) is 1.47. The van der Waals surface area contributed by atoms with E-state index in [0.29, 0.717) is 5.56 Å². The Morgan fingerprint density at radius 2 is 1.79 bits per heavy atom. The van der Waals surface area contributed by atoms with E-state index < -0.39 is 11.9 Å². The number of rotatable bonds is 5. The van der Waals surface area contributed by atoms with Crippen molar-refractivity contribution in [3.63, 3.8) is 0 Å².